The Hall–Kier alpha value is -3.19. The van der Waals surface area contributed by atoms with Gasteiger partial charge in [-0.25, -0.2) is 4.98 Å². The number of amides is 2. The third-order valence-corrected chi connectivity index (χ3v) is 4.09. The highest BCUT2D eigenvalue weighted by Gasteiger charge is 2.15. The van der Waals surface area contributed by atoms with Crippen LogP contribution < -0.4 is 10.6 Å². The molecule has 1 atom stereocenters. The number of anilines is 2. The summed E-state index contributed by atoms with van der Waals surface area (Å²) in [5, 5.41) is 10.1. The lowest BCUT2D eigenvalue weighted by Crippen LogP contribution is -2.24. The molecule has 0 aliphatic carbocycles. The van der Waals surface area contributed by atoms with E-state index in [1.165, 1.54) is 0 Å². The second kappa shape index (κ2) is 8.46. The molecule has 0 aliphatic rings. The van der Waals surface area contributed by atoms with Crippen LogP contribution in [0.4, 0.5) is 11.4 Å². The highest BCUT2D eigenvalue weighted by Crippen LogP contribution is 2.17. The molecule has 2 amide bonds. The lowest BCUT2D eigenvalue weighted by molar-refractivity contribution is -0.119. The monoisotopic (exact) mass is 383 g/mol. The number of hydrogen-bond acceptors (Lipinski definition) is 4. The number of hydrogen-bond donors (Lipinski definition) is 2. The number of aromatic nitrogens is 3. The van der Waals surface area contributed by atoms with Crippen LogP contribution in [0, 0.1) is 0 Å². The first-order valence-electron chi connectivity index (χ1n) is 8.31. The minimum atomic E-state index is -0.448. The van der Waals surface area contributed by atoms with E-state index in [4.69, 9.17) is 11.6 Å². The van der Waals surface area contributed by atoms with Gasteiger partial charge in [-0.05, 0) is 42.8 Å². The van der Waals surface area contributed by atoms with Crippen molar-refractivity contribution in [2.75, 3.05) is 10.6 Å². The highest BCUT2D eigenvalue weighted by atomic mass is 35.5. The van der Waals surface area contributed by atoms with E-state index in [0.717, 1.165) is 5.56 Å². The fourth-order valence-electron chi connectivity index (χ4n) is 2.45. The second-order valence-corrected chi connectivity index (χ2v) is 6.33. The Bertz CT molecular complexity index is 926. The SMILES string of the molecule is CC(C(=O)Nc1cccc(NC(=O)Cc2ccc(Cl)nc2)c1)n1cccn1. The summed E-state index contributed by atoms with van der Waals surface area (Å²) in [4.78, 5) is 28.5. The van der Waals surface area contributed by atoms with Crippen molar-refractivity contribution in [2.24, 2.45) is 0 Å². The molecule has 1 unspecified atom stereocenters. The van der Waals surface area contributed by atoms with Crippen LogP contribution in [0.25, 0.3) is 0 Å². The van der Waals surface area contributed by atoms with E-state index in [-0.39, 0.29) is 18.2 Å². The normalized spacial score (nSPS) is 11.6. The topological polar surface area (TPSA) is 88.9 Å². The first-order valence-corrected chi connectivity index (χ1v) is 8.69. The Morgan fingerprint density at radius 1 is 1.15 bits per heavy atom. The van der Waals surface area contributed by atoms with Gasteiger partial charge in [0.25, 0.3) is 0 Å². The first kappa shape index (κ1) is 18.6. The summed E-state index contributed by atoms with van der Waals surface area (Å²) < 4.78 is 1.57. The minimum Gasteiger partial charge on any atom is -0.326 e. The van der Waals surface area contributed by atoms with Gasteiger partial charge in [-0.3, -0.25) is 14.3 Å². The molecule has 138 valence electrons. The molecule has 2 heterocycles. The molecule has 0 fully saturated rings. The first-order chi connectivity index (χ1) is 13.0. The van der Waals surface area contributed by atoms with Crippen LogP contribution in [0.3, 0.4) is 0 Å². The zero-order valence-corrected chi connectivity index (χ0v) is 15.3. The number of benzene rings is 1. The summed E-state index contributed by atoms with van der Waals surface area (Å²) >= 11 is 5.74. The van der Waals surface area contributed by atoms with Crippen molar-refractivity contribution in [3.05, 3.63) is 71.8 Å². The quantitative estimate of drug-likeness (QED) is 0.639. The van der Waals surface area contributed by atoms with Gasteiger partial charge in [0.1, 0.15) is 11.2 Å². The van der Waals surface area contributed by atoms with E-state index in [0.29, 0.717) is 16.5 Å². The molecule has 1 aromatic carbocycles. The largest absolute Gasteiger partial charge is 0.326 e. The predicted octanol–water partition coefficient (Wildman–Crippen LogP) is 3.31. The second-order valence-electron chi connectivity index (χ2n) is 5.95. The Kier molecular flexibility index (Phi) is 5.83. The maximum Gasteiger partial charge on any atom is 0.248 e. The molecular formula is C19H18ClN5O2. The molecule has 0 aliphatic heterocycles. The summed E-state index contributed by atoms with van der Waals surface area (Å²) in [5.74, 6) is -0.387. The lowest BCUT2D eigenvalue weighted by Gasteiger charge is -2.13. The van der Waals surface area contributed by atoms with E-state index in [1.54, 1.807) is 72.7 Å². The molecule has 2 N–H and O–H groups in total. The minimum absolute atomic E-state index is 0.178. The fourth-order valence-corrected chi connectivity index (χ4v) is 2.56. The molecule has 8 heteroatoms. The van der Waals surface area contributed by atoms with Crippen molar-refractivity contribution in [2.45, 2.75) is 19.4 Å². The number of rotatable bonds is 6. The van der Waals surface area contributed by atoms with Crippen LogP contribution in [0.5, 0.6) is 0 Å². The van der Waals surface area contributed by atoms with Gasteiger partial charge in [-0.1, -0.05) is 23.7 Å². The van der Waals surface area contributed by atoms with E-state index >= 15 is 0 Å². The van der Waals surface area contributed by atoms with E-state index in [2.05, 4.69) is 20.7 Å². The summed E-state index contributed by atoms with van der Waals surface area (Å²) in [6, 6.07) is 11.7. The number of carbonyl (C=O) groups is 2. The third-order valence-electron chi connectivity index (χ3n) is 3.87. The lowest BCUT2D eigenvalue weighted by atomic mass is 10.2. The van der Waals surface area contributed by atoms with Gasteiger partial charge in [0.05, 0.1) is 6.42 Å². The Labute approximate surface area is 161 Å². The zero-order valence-electron chi connectivity index (χ0n) is 14.6. The summed E-state index contributed by atoms with van der Waals surface area (Å²) in [7, 11) is 0. The smallest absolute Gasteiger partial charge is 0.248 e. The summed E-state index contributed by atoms with van der Waals surface area (Å²) in [5.41, 5.74) is 1.94. The van der Waals surface area contributed by atoms with Gasteiger partial charge in [-0.15, -0.1) is 0 Å². The molecule has 0 bridgehead atoms. The van der Waals surface area contributed by atoms with Gasteiger partial charge in [0.2, 0.25) is 11.8 Å². The van der Waals surface area contributed by atoms with Crippen LogP contribution in [-0.2, 0) is 16.0 Å². The average Bonchev–Trinajstić information content (AvgIpc) is 3.18. The molecule has 0 radical (unpaired) electrons. The Morgan fingerprint density at radius 2 is 1.93 bits per heavy atom. The molecule has 27 heavy (non-hydrogen) atoms. The summed E-state index contributed by atoms with van der Waals surface area (Å²) in [6.45, 7) is 1.76. The van der Waals surface area contributed by atoms with E-state index < -0.39 is 6.04 Å². The molecule has 3 aromatic rings. The van der Waals surface area contributed by atoms with Crippen LogP contribution in [0.1, 0.15) is 18.5 Å². The van der Waals surface area contributed by atoms with Crippen LogP contribution in [-0.4, -0.2) is 26.6 Å². The van der Waals surface area contributed by atoms with E-state index in [1.807, 2.05) is 0 Å². The average molecular weight is 384 g/mol. The number of pyridine rings is 1. The van der Waals surface area contributed by atoms with Crippen LogP contribution in [0.2, 0.25) is 5.15 Å². The molecule has 0 saturated heterocycles. The highest BCUT2D eigenvalue weighted by molar-refractivity contribution is 6.29. The van der Waals surface area contributed by atoms with Gasteiger partial charge >= 0.3 is 0 Å². The van der Waals surface area contributed by atoms with Crippen molar-refractivity contribution < 1.29 is 9.59 Å². The summed E-state index contributed by atoms with van der Waals surface area (Å²) in [6.07, 6.45) is 5.09. The number of nitrogens with zero attached hydrogens (tertiary/aromatic N) is 3. The number of carbonyl (C=O) groups excluding carboxylic acids is 2. The molecule has 0 spiro atoms. The van der Waals surface area contributed by atoms with Gasteiger partial charge in [0.15, 0.2) is 0 Å². The molecule has 7 nitrogen and oxygen atoms in total. The van der Waals surface area contributed by atoms with Crippen LogP contribution in [0.15, 0.2) is 61.1 Å². The van der Waals surface area contributed by atoms with Crippen molar-refractivity contribution in [1.29, 1.82) is 0 Å². The van der Waals surface area contributed by atoms with Crippen LogP contribution >= 0.6 is 11.6 Å². The maximum atomic E-state index is 12.3. The van der Waals surface area contributed by atoms with E-state index in [9.17, 15) is 9.59 Å². The molecule has 2 aromatic heterocycles. The zero-order chi connectivity index (χ0) is 19.2. The number of halogens is 1. The van der Waals surface area contributed by atoms with Gasteiger partial charge < -0.3 is 10.6 Å². The molecule has 0 saturated carbocycles. The maximum absolute atomic E-state index is 12.3. The Balaban J connectivity index is 1.60. The van der Waals surface area contributed by atoms with Crippen molar-refractivity contribution >= 4 is 34.8 Å². The predicted molar refractivity (Wildman–Crippen MR) is 104 cm³/mol. The standard InChI is InChI=1S/C19H18ClN5O2/c1-13(25-9-3-8-22-25)19(27)24-16-5-2-4-15(11-16)23-18(26)10-14-6-7-17(20)21-12-14/h2-9,11-13H,10H2,1H3,(H,23,26)(H,24,27). The third kappa shape index (κ3) is 5.15. The van der Waals surface area contributed by atoms with Crippen molar-refractivity contribution in [1.82, 2.24) is 14.8 Å². The fraction of sp³-hybridized carbons (Fsp3) is 0.158. The van der Waals surface area contributed by atoms with Crippen molar-refractivity contribution in [3.8, 4) is 0 Å². The van der Waals surface area contributed by atoms with Gasteiger partial charge in [-0.2, -0.15) is 5.10 Å². The molecule has 3 rings (SSSR count). The van der Waals surface area contributed by atoms with Crippen molar-refractivity contribution in [3.63, 3.8) is 0 Å². The van der Waals surface area contributed by atoms with Gasteiger partial charge in [0, 0.05) is 30.0 Å². The number of nitrogens with one attached hydrogen (secondary N) is 2. The molecular weight excluding hydrogens is 366 g/mol. The Morgan fingerprint density at radius 3 is 2.59 bits per heavy atom.